The van der Waals surface area contributed by atoms with Crippen LogP contribution in [-0.2, 0) is 39.6 Å². The molecule has 0 heterocycles. The fourth-order valence-corrected chi connectivity index (χ4v) is 5.64. The molecule has 0 fully saturated rings. The molecule has 0 amide bonds. The molecule has 8 nitrogen and oxygen atoms in total. The van der Waals surface area contributed by atoms with Gasteiger partial charge in [-0.2, -0.15) is 0 Å². The first-order chi connectivity index (χ1) is 24.8. The molecule has 0 unspecified atom stereocenters. The molecule has 0 aliphatic rings. The topological polar surface area (TPSA) is 81.7 Å². The first-order valence-electron chi connectivity index (χ1n) is 20.5. The molecule has 0 radical (unpaired) electrons. The van der Waals surface area contributed by atoms with Crippen LogP contribution in [0.1, 0.15) is 148 Å². The van der Waals surface area contributed by atoms with E-state index in [9.17, 15) is 4.79 Å². The number of carbonyl (C=O) groups excluding carboxylic acids is 1. The summed E-state index contributed by atoms with van der Waals surface area (Å²) < 4.78 is 38.7. The number of hydrogen-bond acceptors (Lipinski definition) is 8. The van der Waals surface area contributed by atoms with E-state index >= 15 is 0 Å². The van der Waals surface area contributed by atoms with Crippen molar-refractivity contribution < 1.29 is 38.0 Å². The molecule has 1 aromatic carbocycles. The van der Waals surface area contributed by atoms with Crippen LogP contribution in [0.4, 0.5) is 0 Å². The highest BCUT2D eigenvalue weighted by Gasteiger charge is 2.03. The minimum Gasteiger partial charge on any atom is -0.491 e. The zero-order valence-electron chi connectivity index (χ0n) is 32.4. The van der Waals surface area contributed by atoms with Gasteiger partial charge >= 0.3 is 5.97 Å². The van der Waals surface area contributed by atoms with Crippen molar-refractivity contribution in [2.75, 3.05) is 79.3 Å². The van der Waals surface area contributed by atoms with Crippen molar-refractivity contribution in [1.29, 1.82) is 0 Å². The van der Waals surface area contributed by atoms with E-state index in [1.54, 1.807) is 0 Å². The Kier molecular flexibility index (Phi) is 35.7. The quantitative estimate of drug-likeness (QED) is 0.0492. The highest BCUT2D eigenvalue weighted by Crippen LogP contribution is 2.16. The van der Waals surface area contributed by atoms with Crippen LogP contribution in [-0.4, -0.2) is 85.3 Å². The van der Waals surface area contributed by atoms with Crippen LogP contribution in [0.5, 0.6) is 5.75 Å². The monoisotopic (exact) mass is 709 g/mol. The van der Waals surface area contributed by atoms with Crippen molar-refractivity contribution in [1.82, 2.24) is 0 Å². The molecule has 0 saturated heterocycles. The van der Waals surface area contributed by atoms with E-state index in [0.29, 0.717) is 85.7 Å². The standard InChI is InChI=1S/C42H76O8/c1-3-5-7-9-11-12-13-14-15-16-17-19-21-23-42(43)50-39-37-48-35-33-46-31-29-44-28-30-45-32-34-47-36-38-49-41-26-24-40(25-27-41)22-20-18-10-8-6-4-2/h24-27H,3-23,28-39H2,1-2H3. The van der Waals surface area contributed by atoms with Crippen LogP contribution in [0.25, 0.3) is 0 Å². The van der Waals surface area contributed by atoms with E-state index in [2.05, 4.69) is 38.1 Å². The Morgan fingerprint density at radius 1 is 0.420 bits per heavy atom. The average Bonchev–Trinajstić information content (AvgIpc) is 3.13. The summed E-state index contributed by atoms with van der Waals surface area (Å²) in [6.45, 7) is 10.3. The molecular weight excluding hydrogens is 632 g/mol. The van der Waals surface area contributed by atoms with Gasteiger partial charge in [0.2, 0.25) is 0 Å². The van der Waals surface area contributed by atoms with E-state index < -0.39 is 0 Å². The predicted octanol–water partition coefficient (Wildman–Crippen LogP) is 10.1. The maximum Gasteiger partial charge on any atom is 0.305 e. The van der Waals surface area contributed by atoms with Crippen LogP contribution >= 0.6 is 0 Å². The Morgan fingerprint density at radius 3 is 1.22 bits per heavy atom. The number of aryl methyl sites for hydroxylation is 1. The fourth-order valence-electron chi connectivity index (χ4n) is 5.64. The molecule has 0 N–H and O–H groups in total. The minimum absolute atomic E-state index is 0.123. The summed E-state index contributed by atoms with van der Waals surface area (Å²) in [4.78, 5) is 11.9. The van der Waals surface area contributed by atoms with Crippen LogP contribution in [0.2, 0.25) is 0 Å². The second-order valence-electron chi connectivity index (χ2n) is 13.3. The molecule has 0 aliphatic carbocycles. The molecular formula is C42H76O8. The lowest BCUT2D eigenvalue weighted by Gasteiger charge is -2.09. The second-order valence-corrected chi connectivity index (χ2v) is 13.3. The van der Waals surface area contributed by atoms with Crippen molar-refractivity contribution in [3.63, 3.8) is 0 Å². The summed E-state index contributed by atoms with van der Waals surface area (Å²) >= 11 is 0. The van der Waals surface area contributed by atoms with Crippen molar-refractivity contribution >= 4 is 5.97 Å². The van der Waals surface area contributed by atoms with Crippen LogP contribution in [0.3, 0.4) is 0 Å². The molecule has 0 spiro atoms. The summed E-state index contributed by atoms with van der Waals surface area (Å²) in [6, 6.07) is 8.44. The smallest absolute Gasteiger partial charge is 0.305 e. The first-order valence-corrected chi connectivity index (χ1v) is 20.5. The molecule has 0 atom stereocenters. The number of carbonyl (C=O) groups is 1. The van der Waals surface area contributed by atoms with Gasteiger partial charge in [-0.3, -0.25) is 4.79 Å². The maximum absolute atomic E-state index is 11.9. The minimum atomic E-state index is -0.123. The Labute approximate surface area is 307 Å². The zero-order chi connectivity index (χ0) is 35.8. The lowest BCUT2D eigenvalue weighted by molar-refractivity contribution is -0.145. The lowest BCUT2D eigenvalue weighted by atomic mass is 10.0. The van der Waals surface area contributed by atoms with Crippen molar-refractivity contribution in [2.45, 2.75) is 149 Å². The Hall–Kier alpha value is -1.71. The van der Waals surface area contributed by atoms with Crippen LogP contribution in [0, 0.1) is 0 Å². The third-order valence-corrected chi connectivity index (χ3v) is 8.70. The third-order valence-electron chi connectivity index (χ3n) is 8.70. The molecule has 292 valence electrons. The molecule has 1 rings (SSSR count). The van der Waals surface area contributed by atoms with E-state index in [0.717, 1.165) is 25.0 Å². The second kappa shape index (κ2) is 38.5. The Morgan fingerprint density at radius 2 is 0.780 bits per heavy atom. The predicted molar refractivity (Wildman–Crippen MR) is 204 cm³/mol. The van der Waals surface area contributed by atoms with Gasteiger partial charge in [-0.05, 0) is 37.0 Å². The number of rotatable bonds is 40. The molecule has 0 saturated carbocycles. The van der Waals surface area contributed by atoms with Gasteiger partial charge < -0.3 is 33.2 Å². The summed E-state index contributed by atoms with van der Waals surface area (Å²) in [5.74, 6) is 0.764. The van der Waals surface area contributed by atoms with Gasteiger partial charge in [0.1, 0.15) is 19.0 Å². The first kappa shape index (κ1) is 46.3. The summed E-state index contributed by atoms with van der Waals surface area (Å²) in [5.41, 5.74) is 1.38. The van der Waals surface area contributed by atoms with E-state index in [4.69, 9.17) is 33.2 Å². The average molecular weight is 709 g/mol. The molecule has 0 aromatic heterocycles. The van der Waals surface area contributed by atoms with Gasteiger partial charge in [0.05, 0.1) is 66.1 Å². The fraction of sp³-hybridized carbons (Fsp3) is 0.833. The van der Waals surface area contributed by atoms with Gasteiger partial charge in [-0.15, -0.1) is 0 Å². The van der Waals surface area contributed by atoms with Crippen molar-refractivity contribution in [3.8, 4) is 5.75 Å². The SMILES string of the molecule is CCCCCCCCCCCCCCCC(=O)OCCOCCOCCOCCOCCOCCOc1ccc(CCCCCCCC)cc1. The van der Waals surface area contributed by atoms with Gasteiger partial charge in [-0.25, -0.2) is 0 Å². The Bertz CT molecular complexity index is 818. The number of hydrogen-bond donors (Lipinski definition) is 0. The largest absolute Gasteiger partial charge is 0.491 e. The normalized spacial score (nSPS) is 11.3. The highest BCUT2D eigenvalue weighted by molar-refractivity contribution is 5.69. The highest BCUT2D eigenvalue weighted by atomic mass is 16.6. The number of ether oxygens (including phenoxy) is 7. The molecule has 1 aromatic rings. The number of esters is 1. The molecule has 50 heavy (non-hydrogen) atoms. The van der Waals surface area contributed by atoms with Crippen molar-refractivity contribution in [3.05, 3.63) is 29.8 Å². The van der Waals surface area contributed by atoms with E-state index in [-0.39, 0.29) is 5.97 Å². The summed E-state index contributed by atoms with van der Waals surface area (Å²) in [5, 5.41) is 0. The van der Waals surface area contributed by atoms with Crippen LogP contribution < -0.4 is 4.74 Å². The Balaban J connectivity index is 1.73. The molecule has 8 heteroatoms. The molecule has 0 bridgehead atoms. The third kappa shape index (κ3) is 33.4. The lowest BCUT2D eigenvalue weighted by Crippen LogP contribution is -2.15. The van der Waals surface area contributed by atoms with Gasteiger partial charge in [0.25, 0.3) is 0 Å². The number of unbranched alkanes of at least 4 members (excludes halogenated alkanes) is 17. The van der Waals surface area contributed by atoms with Gasteiger partial charge in [-0.1, -0.05) is 135 Å². The van der Waals surface area contributed by atoms with Crippen molar-refractivity contribution in [2.24, 2.45) is 0 Å². The summed E-state index contributed by atoms with van der Waals surface area (Å²) in [6.07, 6.45) is 26.5. The zero-order valence-corrected chi connectivity index (χ0v) is 32.4. The molecule has 0 aliphatic heterocycles. The summed E-state index contributed by atoms with van der Waals surface area (Å²) in [7, 11) is 0. The maximum atomic E-state index is 11.9. The number of benzene rings is 1. The van der Waals surface area contributed by atoms with E-state index in [1.165, 1.54) is 115 Å². The van der Waals surface area contributed by atoms with Gasteiger partial charge in [0.15, 0.2) is 0 Å². The van der Waals surface area contributed by atoms with Gasteiger partial charge in [0, 0.05) is 6.42 Å². The van der Waals surface area contributed by atoms with E-state index in [1.807, 2.05) is 0 Å². The van der Waals surface area contributed by atoms with Crippen LogP contribution in [0.15, 0.2) is 24.3 Å².